The van der Waals surface area contributed by atoms with Crippen LogP contribution in [0.2, 0.25) is 0 Å². The molecule has 2 atom stereocenters. The summed E-state index contributed by atoms with van der Waals surface area (Å²) in [6.07, 6.45) is -1.38. The fourth-order valence-corrected chi connectivity index (χ4v) is 1.81. The summed E-state index contributed by atoms with van der Waals surface area (Å²) in [5, 5.41) is 20.0. The van der Waals surface area contributed by atoms with E-state index in [9.17, 15) is 10.2 Å². The summed E-state index contributed by atoms with van der Waals surface area (Å²) in [4.78, 5) is 0. The molecular weight excluding hydrogens is 260 g/mol. The highest BCUT2D eigenvalue weighted by Gasteiger charge is 2.20. The second-order valence-electron chi connectivity index (χ2n) is 3.34. The van der Waals surface area contributed by atoms with Gasteiger partial charge in [0.25, 0.3) is 0 Å². The standard InChI is InChI=1S/C10H15BrN2O2/c11-5-4-8(14)10(15)6-2-1-3-7(12)9(6)13/h1-3,8,10,14-15H,4-5,12-13H2. The third kappa shape index (κ3) is 2.84. The lowest BCUT2D eigenvalue weighted by atomic mass is 10.0. The molecule has 0 aliphatic carbocycles. The number of anilines is 2. The molecule has 4 nitrogen and oxygen atoms in total. The first-order chi connectivity index (χ1) is 7.07. The van der Waals surface area contributed by atoms with Gasteiger partial charge in [0.1, 0.15) is 6.10 Å². The van der Waals surface area contributed by atoms with Crippen LogP contribution in [0.3, 0.4) is 0 Å². The number of hydrogen-bond donors (Lipinski definition) is 4. The Morgan fingerprint density at radius 2 is 1.93 bits per heavy atom. The Kier molecular flexibility index (Phi) is 4.38. The molecule has 1 rings (SSSR count). The fraction of sp³-hybridized carbons (Fsp3) is 0.400. The number of benzene rings is 1. The molecule has 1 aromatic carbocycles. The van der Waals surface area contributed by atoms with E-state index in [1.54, 1.807) is 18.2 Å². The Labute approximate surface area is 97.0 Å². The van der Waals surface area contributed by atoms with Crippen molar-refractivity contribution in [2.45, 2.75) is 18.6 Å². The third-order valence-electron chi connectivity index (χ3n) is 2.26. The van der Waals surface area contributed by atoms with Gasteiger partial charge in [0.2, 0.25) is 0 Å². The van der Waals surface area contributed by atoms with E-state index in [4.69, 9.17) is 11.5 Å². The second kappa shape index (κ2) is 5.34. The maximum atomic E-state index is 9.82. The highest BCUT2D eigenvalue weighted by molar-refractivity contribution is 9.09. The van der Waals surface area contributed by atoms with Crippen LogP contribution in [-0.4, -0.2) is 21.6 Å². The van der Waals surface area contributed by atoms with Crippen LogP contribution in [0.4, 0.5) is 11.4 Å². The van der Waals surface area contributed by atoms with E-state index in [-0.39, 0.29) is 0 Å². The summed E-state index contributed by atoms with van der Waals surface area (Å²) in [7, 11) is 0. The fourth-order valence-electron chi connectivity index (χ4n) is 1.34. The normalized spacial score (nSPS) is 14.9. The van der Waals surface area contributed by atoms with Gasteiger partial charge in [0, 0.05) is 10.9 Å². The van der Waals surface area contributed by atoms with Gasteiger partial charge in [-0.2, -0.15) is 0 Å². The van der Waals surface area contributed by atoms with Crippen molar-refractivity contribution >= 4 is 27.3 Å². The van der Waals surface area contributed by atoms with E-state index >= 15 is 0 Å². The van der Waals surface area contributed by atoms with Crippen molar-refractivity contribution in [2.24, 2.45) is 0 Å². The molecule has 15 heavy (non-hydrogen) atoms. The molecule has 84 valence electrons. The predicted octanol–water partition coefficient (Wildman–Crippen LogP) is 1.03. The molecule has 0 heterocycles. The van der Waals surface area contributed by atoms with Crippen LogP contribution in [-0.2, 0) is 0 Å². The zero-order valence-electron chi connectivity index (χ0n) is 8.23. The number of rotatable bonds is 4. The maximum Gasteiger partial charge on any atom is 0.107 e. The Hall–Kier alpha value is -0.780. The lowest BCUT2D eigenvalue weighted by molar-refractivity contribution is 0.0178. The largest absolute Gasteiger partial charge is 0.397 e. The zero-order valence-corrected chi connectivity index (χ0v) is 9.81. The van der Waals surface area contributed by atoms with Crippen molar-refractivity contribution in [3.8, 4) is 0 Å². The van der Waals surface area contributed by atoms with E-state index in [1.165, 1.54) is 0 Å². The van der Waals surface area contributed by atoms with Crippen molar-refractivity contribution in [1.29, 1.82) is 0 Å². The van der Waals surface area contributed by atoms with Gasteiger partial charge in [0.15, 0.2) is 0 Å². The van der Waals surface area contributed by atoms with Gasteiger partial charge >= 0.3 is 0 Å². The number of hydrogen-bond acceptors (Lipinski definition) is 4. The number of aliphatic hydroxyl groups is 2. The number of halogens is 1. The molecule has 1 aromatic rings. The van der Waals surface area contributed by atoms with Crippen molar-refractivity contribution in [3.05, 3.63) is 23.8 Å². The highest BCUT2D eigenvalue weighted by Crippen LogP contribution is 2.28. The maximum absolute atomic E-state index is 9.82. The summed E-state index contributed by atoms with van der Waals surface area (Å²) in [5.41, 5.74) is 12.5. The molecule has 0 saturated heterocycles. The predicted molar refractivity (Wildman–Crippen MR) is 64.6 cm³/mol. The van der Waals surface area contributed by atoms with Crippen LogP contribution in [0, 0.1) is 0 Å². The lowest BCUT2D eigenvalue weighted by Crippen LogP contribution is -2.20. The van der Waals surface area contributed by atoms with E-state index in [0.29, 0.717) is 28.7 Å². The Morgan fingerprint density at radius 1 is 1.27 bits per heavy atom. The Bertz CT molecular complexity index is 333. The molecule has 0 fully saturated rings. The lowest BCUT2D eigenvalue weighted by Gasteiger charge is -2.19. The van der Waals surface area contributed by atoms with Gasteiger partial charge in [-0.1, -0.05) is 28.1 Å². The van der Waals surface area contributed by atoms with Gasteiger partial charge in [0.05, 0.1) is 17.5 Å². The first-order valence-electron chi connectivity index (χ1n) is 4.64. The molecular formula is C10H15BrN2O2. The molecule has 0 aromatic heterocycles. The van der Waals surface area contributed by atoms with Crippen molar-refractivity contribution < 1.29 is 10.2 Å². The Morgan fingerprint density at radius 3 is 2.53 bits per heavy atom. The van der Waals surface area contributed by atoms with Gasteiger partial charge in [-0.25, -0.2) is 0 Å². The smallest absolute Gasteiger partial charge is 0.107 e. The summed E-state index contributed by atoms with van der Waals surface area (Å²) >= 11 is 3.20. The monoisotopic (exact) mass is 274 g/mol. The van der Waals surface area contributed by atoms with E-state index < -0.39 is 12.2 Å². The van der Waals surface area contributed by atoms with Crippen molar-refractivity contribution in [3.63, 3.8) is 0 Å². The van der Waals surface area contributed by atoms with Crippen LogP contribution >= 0.6 is 15.9 Å². The minimum absolute atomic E-state index is 0.332. The van der Waals surface area contributed by atoms with Crippen molar-refractivity contribution in [1.82, 2.24) is 0 Å². The minimum atomic E-state index is -0.994. The SMILES string of the molecule is Nc1cccc(C(O)C(O)CCBr)c1N. The van der Waals surface area contributed by atoms with E-state index in [1.807, 2.05) is 0 Å². The van der Waals surface area contributed by atoms with Gasteiger partial charge in [-0.05, 0) is 12.5 Å². The molecule has 0 saturated carbocycles. The van der Waals surface area contributed by atoms with Crippen LogP contribution in [0.1, 0.15) is 18.1 Å². The third-order valence-corrected chi connectivity index (χ3v) is 2.72. The van der Waals surface area contributed by atoms with Crippen LogP contribution in [0.15, 0.2) is 18.2 Å². The molecule has 0 spiro atoms. The molecule has 0 bridgehead atoms. The number of aliphatic hydroxyl groups excluding tert-OH is 2. The van der Waals surface area contributed by atoms with Gasteiger partial charge < -0.3 is 21.7 Å². The number of alkyl halides is 1. The summed E-state index contributed by atoms with van der Waals surface area (Å²) < 4.78 is 0. The van der Waals surface area contributed by atoms with E-state index in [2.05, 4.69) is 15.9 Å². The molecule has 6 N–H and O–H groups in total. The molecule has 0 aliphatic heterocycles. The topological polar surface area (TPSA) is 92.5 Å². The molecule has 0 radical (unpaired) electrons. The van der Waals surface area contributed by atoms with Gasteiger partial charge in [-0.15, -0.1) is 0 Å². The second-order valence-corrected chi connectivity index (χ2v) is 4.13. The number of nitrogen functional groups attached to an aromatic ring is 2. The zero-order chi connectivity index (χ0) is 11.4. The summed E-state index contributed by atoms with van der Waals surface area (Å²) in [6.45, 7) is 0. The summed E-state index contributed by atoms with van der Waals surface area (Å²) in [6, 6.07) is 5.02. The van der Waals surface area contributed by atoms with Crippen LogP contribution in [0.25, 0.3) is 0 Å². The molecule has 5 heteroatoms. The molecule has 0 aliphatic rings. The van der Waals surface area contributed by atoms with Crippen LogP contribution in [0.5, 0.6) is 0 Å². The van der Waals surface area contributed by atoms with Crippen LogP contribution < -0.4 is 11.5 Å². The first kappa shape index (κ1) is 12.3. The number of para-hydroxylation sites is 1. The molecule has 2 unspecified atom stereocenters. The van der Waals surface area contributed by atoms with Gasteiger partial charge in [-0.3, -0.25) is 0 Å². The average molecular weight is 275 g/mol. The summed E-state index contributed by atoms with van der Waals surface area (Å²) in [5.74, 6) is 0. The number of nitrogens with two attached hydrogens (primary N) is 2. The Balaban J connectivity index is 2.90. The average Bonchev–Trinajstić information content (AvgIpc) is 2.21. The highest BCUT2D eigenvalue weighted by atomic mass is 79.9. The quantitative estimate of drug-likeness (QED) is 0.488. The van der Waals surface area contributed by atoms with E-state index in [0.717, 1.165) is 0 Å². The minimum Gasteiger partial charge on any atom is -0.397 e. The van der Waals surface area contributed by atoms with Crippen molar-refractivity contribution in [2.75, 3.05) is 16.8 Å². The first-order valence-corrected chi connectivity index (χ1v) is 5.76. The molecule has 0 amide bonds.